The molecule has 1 saturated heterocycles. The van der Waals surface area contributed by atoms with Crippen molar-refractivity contribution in [2.75, 3.05) is 28.2 Å². The van der Waals surface area contributed by atoms with Crippen molar-refractivity contribution in [3.8, 4) is 11.3 Å². The highest BCUT2D eigenvalue weighted by molar-refractivity contribution is 6.04. The molecule has 10 heteroatoms. The van der Waals surface area contributed by atoms with Crippen LogP contribution in [0.3, 0.4) is 0 Å². The van der Waals surface area contributed by atoms with Crippen molar-refractivity contribution in [2.24, 2.45) is 0 Å². The van der Waals surface area contributed by atoms with E-state index in [1.54, 1.807) is 35.5 Å². The number of hydrogen-bond acceptors (Lipinski definition) is 5. The van der Waals surface area contributed by atoms with E-state index in [4.69, 9.17) is 0 Å². The van der Waals surface area contributed by atoms with E-state index in [2.05, 4.69) is 25.2 Å². The Labute approximate surface area is 181 Å². The quantitative estimate of drug-likeness (QED) is 0.632. The molecule has 0 aromatic carbocycles. The summed E-state index contributed by atoms with van der Waals surface area (Å²) in [5.74, 6) is 0.435. The summed E-state index contributed by atoms with van der Waals surface area (Å²) in [6, 6.07) is 8.98. The van der Waals surface area contributed by atoms with Gasteiger partial charge >= 0.3 is 12.2 Å². The summed E-state index contributed by atoms with van der Waals surface area (Å²) in [5.41, 5.74) is 0.986. The van der Waals surface area contributed by atoms with Gasteiger partial charge in [0.25, 0.3) is 0 Å². The van der Waals surface area contributed by atoms with E-state index in [0.29, 0.717) is 23.7 Å². The third-order valence-electron chi connectivity index (χ3n) is 5.66. The van der Waals surface area contributed by atoms with Crippen molar-refractivity contribution in [1.82, 2.24) is 15.0 Å². The first-order valence-corrected chi connectivity index (χ1v) is 10.2. The third-order valence-corrected chi connectivity index (χ3v) is 5.66. The second-order valence-corrected chi connectivity index (χ2v) is 7.75. The molecule has 0 spiro atoms. The molecule has 0 radical (unpaired) electrons. The number of piperidine rings is 1. The highest BCUT2D eigenvalue weighted by atomic mass is 19.4. The van der Waals surface area contributed by atoms with E-state index in [9.17, 15) is 18.0 Å². The molecule has 2 aliphatic heterocycles. The number of fused-ring (bicyclic) bond motifs is 4. The first-order chi connectivity index (χ1) is 15.4. The van der Waals surface area contributed by atoms with E-state index < -0.39 is 11.9 Å². The maximum Gasteiger partial charge on any atom is 0.433 e. The number of aromatic nitrogens is 3. The first kappa shape index (κ1) is 20.2. The van der Waals surface area contributed by atoms with Crippen LogP contribution < -0.4 is 15.1 Å². The van der Waals surface area contributed by atoms with E-state index in [1.807, 2.05) is 6.07 Å². The molecule has 0 aliphatic carbocycles. The number of nitrogens with one attached hydrogen (secondary N) is 1. The minimum Gasteiger partial charge on any atom is -0.366 e. The molecule has 32 heavy (non-hydrogen) atoms. The number of halogens is 3. The Balaban J connectivity index is 1.55. The van der Waals surface area contributed by atoms with E-state index in [-0.39, 0.29) is 17.6 Å². The summed E-state index contributed by atoms with van der Waals surface area (Å²) in [7, 11) is 0. The molecule has 1 fully saturated rings. The van der Waals surface area contributed by atoms with Gasteiger partial charge in [0, 0.05) is 31.0 Å². The summed E-state index contributed by atoms with van der Waals surface area (Å²) >= 11 is 0. The van der Waals surface area contributed by atoms with Crippen LogP contribution in [0, 0.1) is 0 Å². The van der Waals surface area contributed by atoms with Crippen molar-refractivity contribution in [3.05, 3.63) is 60.7 Å². The summed E-state index contributed by atoms with van der Waals surface area (Å²) in [6.07, 6.45) is 1.47. The minimum atomic E-state index is -4.55. The molecule has 2 amide bonds. The molecule has 164 valence electrons. The fourth-order valence-electron chi connectivity index (χ4n) is 4.21. The maximum atomic E-state index is 13.2. The lowest BCUT2D eigenvalue weighted by Crippen LogP contribution is -2.56. The number of carbonyl (C=O) groups excluding carboxylic acids is 1. The minimum absolute atomic E-state index is 0.0844. The lowest BCUT2D eigenvalue weighted by atomic mass is 9.99. The second-order valence-electron chi connectivity index (χ2n) is 7.75. The topological polar surface area (TPSA) is 74.2 Å². The van der Waals surface area contributed by atoms with Crippen LogP contribution in [0.25, 0.3) is 11.3 Å². The zero-order chi connectivity index (χ0) is 22.3. The Kier molecular flexibility index (Phi) is 4.91. The van der Waals surface area contributed by atoms with Gasteiger partial charge < -0.3 is 10.2 Å². The van der Waals surface area contributed by atoms with Gasteiger partial charge in [0.05, 0.1) is 29.3 Å². The van der Waals surface area contributed by atoms with Crippen LogP contribution in [0.1, 0.15) is 18.5 Å². The largest absolute Gasteiger partial charge is 0.433 e. The van der Waals surface area contributed by atoms with Gasteiger partial charge in [-0.25, -0.2) is 9.78 Å². The Morgan fingerprint density at radius 3 is 2.81 bits per heavy atom. The normalized spacial score (nSPS) is 17.7. The second kappa shape index (κ2) is 7.77. The molecule has 3 aromatic rings. The summed E-state index contributed by atoms with van der Waals surface area (Å²) in [4.78, 5) is 29.1. The van der Waals surface area contributed by atoms with Gasteiger partial charge in [-0.1, -0.05) is 0 Å². The molecule has 3 aromatic heterocycles. The monoisotopic (exact) mass is 440 g/mol. The average Bonchev–Trinajstić information content (AvgIpc) is 2.79. The van der Waals surface area contributed by atoms with Crippen LogP contribution in [0.2, 0.25) is 0 Å². The van der Waals surface area contributed by atoms with Crippen molar-refractivity contribution in [3.63, 3.8) is 0 Å². The van der Waals surface area contributed by atoms with E-state index >= 15 is 0 Å². The third kappa shape index (κ3) is 3.72. The number of amides is 2. The summed E-state index contributed by atoms with van der Waals surface area (Å²) in [5, 5.41) is 2.85. The van der Waals surface area contributed by atoms with Gasteiger partial charge in [0.2, 0.25) is 0 Å². The Bertz CT molecular complexity index is 1150. The van der Waals surface area contributed by atoms with Crippen molar-refractivity contribution >= 4 is 23.2 Å². The molecular formula is C22H19F3N6O. The van der Waals surface area contributed by atoms with Crippen LogP contribution in [0.15, 0.2) is 55.0 Å². The van der Waals surface area contributed by atoms with Crippen LogP contribution in [-0.4, -0.2) is 40.1 Å². The lowest BCUT2D eigenvalue weighted by Gasteiger charge is -2.45. The van der Waals surface area contributed by atoms with Crippen LogP contribution >= 0.6 is 0 Å². The van der Waals surface area contributed by atoms with Crippen LogP contribution in [0.5, 0.6) is 0 Å². The average molecular weight is 440 g/mol. The number of alkyl halides is 3. The Hall–Kier alpha value is -3.69. The molecule has 5 heterocycles. The number of nitrogens with zero attached hydrogens (tertiary/aromatic N) is 5. The predicted molar refractivity (Wildman–Crippen MR) is 113 cm³/mol. The standard InChI is InChI=1S/C22H19F3N6O/c23-22(24,25)19-11-14(7-9-27-19)17-5-6-18-20(29-17)31(16-4-2-10-30(18)13-16)21(32)28-15-3-1-8-26-12-15/h1,3,5-9,11-12,16H,2,4,10,13H2,(H,28,32)/t16-/m0/s1. The molecule has 2 bridgehead atoms. The zero-order valence-corrected chi connectivity index (χ0v) is 16.9. The molecule has 5 rings (SSSR count). The molecule has 1 atom stereocenters. The van der Waals surface area contributed by atoms with Crippen LogP contribution in [0.4, 0.5) is 35.2 Å². The zero-order valence-electron chi connectivity index (χ0n) is 16.9. The molecule has 2 aliphatic rings. The number of carbonyl (C=O) groups is 1. The Morgan fingerprint density at radius 2 is 2.03 bits per heavy atom. The van der Waals surface area contributed by atoms with Gasteiger partial charge in [0.15, 0.2) is 5.82 Å². The predicted octanol–water partition coefficient (Wildman–Crippen LogP) is 4.58. The fraction of sp³-hybridized carbons (Fsp3) is 0.273. The highest BCUT2D eigenvalue weighted by Crippen LogP contribution is 2.40. The highest BCUT2D eigenvalue weighted by Gasteiger charge is 2.38. The molecule has 7 nitrogen and oxygen atoms in total. The summed E-state index contributed by atoms with van der Waals surface area (Å²) < 4.78 is 39.4. The van der Waals surface area contributed by atoms with Gasteiger partial charge in [0.1, 0.15) is 5.69 Å². The molecule has 0 saturated carbocycles. The van der Waals surface area contributed by atoms with Crippen molar-refractivity contribution in [1.29, 1.82) is 0 Å². The van der Waals surface area contributed by atoms with Gasteiger partial charge in [-0.3, -0.25) is 14.9 Å². The molecular weight excluding hydrogens is 421 g/mol. The van der Waals surface area contributed by atoms with E-state index in [1.165, 1.54) is 6.07 Å². The van der Waals surface area contributed by atoms with Gasteiger partial charge in [-0.2, -0.15) is 13.2 Å². The maximum absolute atomic E-state index is 13.2. The number of urea groups is 1. The van der Waals surface area contributed by atoms with Crippen LogP contribution in [-0.2, 0) is 6.18 Å². The smallest absolute Gasteiger partial charge is 0.366 e. The van der Waals surface area contributed by atoms with Gasteiger partial charge in [-0.05, 0) is 49.2 Å². The lowest BCUT2D eigenvalue weighted by molar-refractivity contribution is -0.141. The molecule has 0 unspecified atom stereocenters. The fourth-order valence-corrected chi connectivity index (χ4v) is 4.21. The number of rotatable bonds is 2. The summed E-state index contributed by atoms with van der Waals surface area (Å²) in [6.45, 7) is 1.53. The number of pyridine rings is 3. The Morgan fingerprint density at radius 1 is 1.16 bits per heavy atom. The van der Waals surface area contributed by atoms with Gasteiger partial charge in [-0.15, -0.1) is 0 Å². The molecule has 1 N–H and O–H groups in total. The SMILES string of the molecule is O=C(Nc1cccnc1)N1c2nc(-c3ccnc(C(F)(F)F)c3)ccc2N2CCC[C@H]1C2. The number of hydrogen-bond donors (Lipinski definition) is 1. The van der Waals surface area contributed by atoms with E-state index in [0.717, 1.165) is 37.3 Å². The van der Waals surface area contributed by atoms with Crippen molar-refractivity contribution in [2.45, 2.75) is 25.1 Å². The number of anilines is 3. The first-order valence-electron chi connectivity index (χ1n) is 10.2. The van der Waals surface area contributed by atoms with Crippen molar-refractivity contribution < 1.29 is 18.0 Å².